The van der Waals surface area contributed by atoms with Gasteiger partial charge in [-0.3, -0.25) is 4.79 Å². The summed E-state index contributed by atoms with van der Waals surface area (Å²) < 4.78 is 31.2. The number of ether oxygens (including phenoxy) is 1. The molecular weight excluding hydrogens is 246 g/mol. The molecule has 0 aromatic rings. The molecule has 0 saturated heterocycles. The normalized spacial score (nSPS) is 13.7. The van der Waals surface area contributed by atoms with Gasteiger partial charge in [-0.1, -0.05) is 0 Å². The van der Waals surface area contributed by atoms with Crippen molar-refractivity contribution >= 4 is 16.2 Å². The summed E-state index contributed by atoms with van der Waals surface area (Å²) in [6.07, 6.45) is 0.589. The molecule has 0 aliphatic carbocycles. The molecule has 1 unspecified atom stereocenters. The minimum absolute atomic E-state index is 0.0290. The molecule has 0 radical (unpaired) electrons. The number of carbonyl (C=O) groups excluding carboxylic acids is 1. The van der Waals surface area contributed by atoms with Crippen LogP contribution in [0.5, 0.6) is 0 Å². The van der Waals surface area contributed by atoms with Crippen molar-refractivity contribution in [2.45, 2.75) is 25.8 Å². The van der Waals surface area contributed by atoms with Crippen molar-refractivity contribution in [3.63, 3.8) is 0 Å². The van der Waals surface area contributed by atoms with Gasteiger partial charge in [0.05, 0.1) is 13.5 Å². The molecule has 7 nitrogen and oxygen atoms in total. The third-order valence-corrected chi connectivity index (χ3v) is 3.73. The van der Waals surface area contributed by atoms with Crippen LogP contribution in [0.1, 0.15) is 19.8 Å². The molecule has 0 amide bonds. The van der Waals surface area contributed by atoms with Gasteiger partial charge in [-0.25, -0.2) is 4.72 Å². The lowest BCUT2D eigenvalue weighted by molar-refractivity contribution is -0.140. The number of hydrogen-bond acceptors (Lipinski definition) is 5. The van der Waals surface area contributed by atoms with Crippen LogP contribution in [0.3, 0.4) is 0 Å². The first-order valence-electron chi connectivity index (χ1n) is 5.33. The number of methoxy groups -OCH3 is 1. The number of nitrogens with one attached hydrogen (secondary N) is 1. The molecule has 0 bridgehead atoms. The van der Waals surface area contributed by atoms with E-state index in [1.165, 1.54) is 14.2 Å². The lowest BCUT2D eigenvalue weighted by Gasteiger charge is -2.17. The molecule has 3 N–H and O–H groups in total. The topological polar surface area (TPSA) is 102 Å². The Hall–Kier alpha value is -0.700. The maximum atomic E-state index is 11.6. The van der Waals surface area contributed by atoms with Crippen LogP contribution < -0.4 is 10.5 Å². The second-order valence-corrected chi connectivity index (χ2v) is 5.68. The SMILES string of the molecule is COC(=O)CCN(C)S(=O)(=O)NCCC(C)N. The van der Waals surface area contributed by atoms with Gasteiger partial charge < -0.3 is 10.5 Å². The van der Waals surface area contributed by atoms with Gasteiger partial charge in [0.2, 0.25) is 0 Å². The van der Waals surface area contributed by atoms with Crippen molar-refractivity contribution in [3.05, 3.63) is 0 Å². The fraction of sp³-hybridized carbons (Fsp3) is 0.889. The summed E-state index contributed by atoms with van der Waals surface area (Å²) in [6.45, 7) is 2.16. The van der Waals surface area contributed by atoms with E-state index in [2.05, 4.69) is 9.46 Å². The lowest BCUT2D eigenvalue weighted by atomic mass is 10.3. The highest BCUT2D eigenvalue weighted by Crippen LogP contribution is 1.97. The van der Waals surface area contributed by atoms with E-state index in [0.29, 0.717) is 6.42 Å². The highest BCUT2D eigenvalue weighted by molar-refractivity contribution is 7.87. The van der Waals surface area contributed by atoms with Crippen LogP contribution in [-0.2, 0) is 19.7 Å². The first-order chi connectivity index (χ1) is 7.79. The molecule has 0 aliphatic rings. The van der Waals surface area contributed by atoms with E-state index in [9.17, 15) is 13.2 Å². The summed E-state index contributed by atoms with van der Waals surface area (Å²) in [7, 11) is -0.878. The van der Waals surface area contributed by atoms with Crippen molar-refractivity contribution in [1.82, 2.24) is 9.03 Å². The summed E-state index contributed by atoms with van der Waals surface area (Å²) in [5.41, 5.74) is 5.50. The fourth-order valence-corrected chi connectivity index (χ4v) is 1.92. The molecule has 8 heteroatoms. The molecule has 0 aliphatic heterocycles. The van der Waals surface area contributed by atoms with Crippen LogP contribution in [-0.4, -0.2) is 52.0 Å². The molecule has 0 fully saturated rings. The van der Waals surface area contributed by atoms with E-state index in [4.69, 9.17) is 5.73 Å². The zero-order valence-electron chi connectivity index (χ0n) is 10.5. The molecule has 102 valence electrons. The maximum absolute atomic E-state index is 11.6. The summed E-state index contributed by atoms with van der Waals surface area (Å²) in [5, 5.41) is 0. The smallest absolute Gasteiger partial charge is 0.306 e. The Bertz CT molecular complexity index is 329. The third-order valence-electron chi connectivity index (χ3n) is 2.15. The molecule has 17 heavy (non-hydrogen) atoms. The average molecular weight is 267 g/mol. The summed E-state index contributed by atoms with van der Waals surface area (Å²) in [5.74, 6) is -0.442. The van der Waals surface area contributed by atoms with Gasteiger partial charge in [0.25, 0.3) is 10.2 Å². The predicted octanol–water partition coefficient (Wildman–Crippen LogP) is -0.947. The Morgan fingerprint density at radius 2 is 2.12 bits per heavy atom. The first-order valence-corrected chi connectivity index (χ1v) is 6.77. The van der Waals surface area contributed by atoms with Gasteiger partial charge in [0.15, 0.2) is 0 Å². The molecule has 0 spiro atoms. The van der Waals surface area contributed by atoms with E-state index < -0.39 is 16.2 Å². The molecular formula is C9H21N3O4S. The fourth-order valence-electron chi connectivity index (χ4n) is 0.997. The first kappa shape index (κ1) is 16.3. The van der Waals surface area contributed by atoms with Crippen molar-refractivity contribution in [1.29, 1.82) is 0 Å². The molecule has 0 saturated carbocycles. The Morgan fingerprint density at radius 3 is 2.59 bits per heavy atom. The Labute approximate surface area is 102 Å². The third kappa shape index (κ3) is 7.27. The molecule has 0 rings (SSSR count). The molecule has 0 aromatic carbocycles. The number of carbonyl (C=O) groups is 1. The van der Waals surface area contributed by atoms with Crippen LogP contribution in [0, 0.1) is 0 Å². The quantitative estimate of drug-likeness (QED) is 0.552. The summed E-state index contributed by atoms with van der Waals surface area (Å²) >= 11 is 0. The molecule has 0 heterocycles. The standard InChI is InChI=1S/C9H21N3O4S/c1-8(10)4-6-11-17(14,15)12(2)7-5-9(13)16-3/h8,11H,4-7,10H2,1-3H3. The van der Waals surface area contributed by atoms with Gasteiger partial charge in [0, 0.05) is 26.2 Å². The van der Waals surface area contributed by atoms with E-state index >= 15 is 0 Å². The van der Waals surface area contributed by atoms with Gasteiger partial charge >= 0.3 is 5.97 Å². The second-order valence-electron chi connectivity index (χ2n) is 3.81. The number of hydrogen-bond donors (Lipinski definition) is 2. The maximum Gasteiger partial charge on any atom is 0.306 e. The second kappa shape index (κ2) is 7.59. The molecule has 0 aromatic heterocycles. The highest BCUT2D eigenvalue weighted by Gasteiger charge is 2.17. The van der Waals surface area contributed by atoms with E-state index in [1.54, 1.807) is 6.92 Å². The van der Waals surface area contributed by atoms with Crippen molar-refractivity contribution in [2.24, 2.45) is 5.73 Å². The summed E-state index contributed by atoms with van der Waals surface area (Å²) in [6, 6.07) is -0.0573. The highest BCUT2D eigenvalue weighted by atomic mass is 32.2. The largest absolute Gasteiger partial charge is 0.469 e. The van der Waals surface area contributed by atoms with Crippen LogP contribution in [0.15, 0.2) is 0 Å². The Balaban J connectivity index is 4.07. The van der Waals surface area contributed by atoms with Crippen LogP contribution in [0.25, 0.3) is 0 Å². The summed E-state index contributed by atoms with van der Waals surface area (Å²) in [4.78, 5) is 10.9. The minimum atomic E-state index is -3.54. The van der Waals surface area contributed by atoms with Crippen LogP contribution >= 0.6 is 0 Å². The lowest BCUT2D eigenvalue weighted by Crippen LogP contribution is -2.40. The van der Waals surface area contributed by atoms with Crippen LogP contribution in [0.4, 0.5) is 0 Å². The van der Waals surface area contributed by atoms with Crippen molar-refractivity contribution in [3.8, 4) is 0 Å². The van der Waals surface area contributed by atoms with E-state index in [-0.39, 0.29) is 25.6 Å². The zero-order valence-corrected chi connectivity index (χ0v) is 11.3. The van der Waals surface area contributed by atoms with E-state index in [0.717, 1.165) is 4.31 Å². The number of nitrogens with two attached hydrogens (primary N) is 1. The van der Waals surface area contributed by atoms with E-state index in [1.807, 2.05) is 0 Å². The van der Waals surface area contributed by atoms with Crippen molar-refractivity contribution < 1.29 is 17.9 Å². The monoisotopic (exact) mass is 267 g/mol. The van der Waals surface area contributed by atoms with Gasteiger partial charge in [-0.15, -0.1) is 0 Å². The van der Waals surface area contributed by atoms with Gasteiger partial charge in [-0.05, 0) is 13.3 Å². The minimum Gasteiger partial charge on any atom is -0.469 e. The number of rotatable bonds is 8. The predicted molar refractivity (Wildman–Crippen MR) is 64.5 cm³/mol. The van der Waals surface area contributed by atoms with Gasteiger partial charge in [-0.2, -0.15) is 12.7 Å². The van der Waals surface area contributed by atoms with Gasteiger partial charge in [0.1, 0.15) is 0 Å². The average Bonchev–Trinajstić information content (AvgIpc) is 2.24. The van der Waals surface area contributed by atoms with Crippen LogP contribution in [0.2, 0.25) is 0 Å². The van der Waals surface area contributed by atoms with Crippen molar-refractivity contribution in [2.75, 3.05) is 27.2 Å². The number of esters is 1. The number of nitrogens with zero attached hydrogens (tertiary/aromatic N) is 1. The zero-order chi connectivity index (χ0) is 13.5. The Morgan fingerprint density at radius 1 is 1.53 bits per heavy atom. The Kier molecular flexibility index (Phi) is 7.28. The molecule has 1 atom stereocenters.